The van der Waals surface area contributed by atoms with Crippen LogP contribution in [0, 0.1) is 23.2 Å². The fourth-order valence-electron chi connectivity index (χ4n) is 3.72. The summed E-state index contributed by atoms with van der Waals surface area (Å²) < 4.78 is 23.0. The lowest BCUT2D eigenvalue weighted by molar-refractivity contribution is -0.129. The second-order valence-electron chi connectivity index (χ2n) is 7.34. The van der Waals surface area contributed by atoms with E-state index in [2.05, 4.69) is 10.6 Å². The van der Waals surface area contributed by atoms with E-state index < -0.39 is 9.84 Å². The van der Waals surface area contributed by atoms with Gasteiger partial charge in [0.1, 0.15) is 0 Å². The molecule has 1 heterocycles. The van der Waals surface area contributed by atoms with E-state index in [-0.39, 0.29) is 41.2 Å². The number of carbonyl (C=O) groups is 2. The Morgan fingerprint density at radius 3 is 2.07 bits per heavy atom. The Bertz CT molecular complexity index is 850. The first-order valence-corrected chi connectivity index (χ1v) is 11.0. The minimum Gasteiger partial charge on any atom is -0.352 e. The highest BCUT2D eigenvalue weighted by Crippen LogP contribution is 2.30. The molecule has 1 aromatic carbocycles. The lowest BCUT2D eigenvalue weighted by Crippen LogP contribution is -2.41. The van der Waals surface area contributed by atoms with Gasteiger partial charge < -0.3 is 10.6 Å². The SMILES string of the molecule is N#Cc1ccc(NC(=O)C2CCC(C(=O)NC3CCS(=O)(=O)C3)CC2)cc1. The molecule has 27 heavy (non-hydrogen) atoms. The van der Waals surface area contributed by atoms with Gasteiger partial charge in [-0.3, -0.25) is 9.59 Å². The van der Waals surface area contributed by atoms with Crippen molar-refractivity contribution in [3.05, 3.63) is 29.8 Å². The fourth-order valence-corrected chi connectivity index (χ4v) is 5.39. The Morgan fingerprint density at radius 1 is 0.963 bits per heavy atom. The first kappa shape index (κ1) is 19.4. The summed E-state index contributed by atoms with van der Waals surface area (Å²) in [5.41, 5.74) is 1.19. The van der Waals surface area contributed by atoms with Gasteiger partial charge in [-0.1, -0.05) is 0 Å². The molecule has 0 spiro atoms. The number of amides is 2. The van der Waals surface area contributed by atoms with Crippen LogP contribution in [-0.4, -0.2) is 37.8 Å². The molecule has 2 amide bonds. The summed E-state index contributed by atoms with van der Waals surface area (Å²) in [7, 11) is -3.01. The zero-order chi connectivity index (χ0) is 19.4. The molecule has 7 nitrogen and oxygen atoms in total. The van der Waals surface area contributed by atoms with Gasteiger partial charge in [0.2, 0.25) is 11.8 Å². The third-order valence-corrected chi connectivity index (χ3v) is 7.10. The molecule has 1 aliphatic carbocycles. The Hall–Kier alpha value is -2.40. The second-order valence-corrected chi connectivity index (χ2v) is 9.56. The molecule has 1 atom stereocenters. The van der Waals surface area contributed by atoms with E-state index in [9.17, 15) is 18.0 Å². The molecule has 1 aromatic rings. The largest absolute Gasteiger partial charge is 0.352 e. The lowest BCUT2D eigenvalue weighted by Gasteiger charge is -2.27. The van der Waals surface area contributed by atoms with Crippen LogP contribution in [0.3, 0.4) is 0 Å². The van der Waals surface area contributed by atoms with Crippen LogP contribution in [-0.2, 0) is 19.4 Å². The summed E-state index contributed by atoms with van der Waals surface area (Å²) in [5.74, 6) is -0.298. The molecule has 3 rings (SSSR count). The Balaban J connectivity index is 1.45. The fraction of sp³-hybridized carbons (Fsp3) is 0.526. The average Bonchev–Trinajstić information content (AvgIpc) is 3.00. The molecule has 0 aromatic heterocycles. The number of nitrogens with one attached hydrogen (secondary N) is 2. The molecular weight excluding hydrogens is 366 g/mol. The van der Waals surface area contributed by atoms with Crippen LogP contribution in [0.4, 0.5) is 5.69 Å². The lowest BCUT2D eigenvalue weighted by atomic mass is 9.81. The van der Waals surface area contributed by atoms with E-state index in [4.69, 9.17) is 5.26 Å². The van der Waals surface area contributed by atoms with Gasteiger partial charge in [-0.25, -0.2) is 8.42 Å². The molecule has 0 bridgehead atoms. The van der Waals surface area contributed by atoms with Crippen LogP contribution in [0.15, 0.2) is 24.3 Å². The van der Waals surface area contributed by atoms with Crippen molar-refractivity contribution in [1.29, 1.82) is 5.26 Å². The van der Waals surface area contributed by atoms with Gasteiger partial charge >= 0.3 is 0 Å². The summed E-state index contributed by atoms with van der Waals surface area (Å²) in [4.78, 5) is 24.8. The molecule has 144 valence electrons. The second kappa shape index (κ2) is 8.09. The third-order valence-electron chi connectivity index (χ3n) is 5.33. The Labute approximate surface area is 159 Å². The zero-order valence-electron chi connectivity index (χ0n) is 15.0. The van der Waals surface area contributed by atoms with E-state index in [0.29, 0.717) is 43.4 Å². The maximum Gasteiger partial charge on any atom is 0.227 e. The van der Waals surface area contributed by atoms with E-state index in [0.717, 1.165) is 0 Å². The third kappa shape index (κ3) is 5.07. The number of anilines is 1. The predicted octanol–water partition coefficient (Wildman–Crippen LogP) is 1.61. The molecule has 1 saturated heterocycles. The predicted molar refractivity (Wildman–Crippen MR) is 100 cm³/mol. The van der Waals surface area contributed by atoms with Gasteiger partial charge in [-0.2, -0.15) is 5.26 Å². The van der Waals surface area contributed by atoms with Crippen LogP contribution < -0.4 is 10.6 Å². The van der Waals surface area contributed by atoms with Gasteiger partial charge in [-0.05, 0) is 56.4 Å². The molecule has 2 N–H and O–H groups in total. The molecular formula is C19H23N3O4S. The van der Waals surface area contributed by atoms with Crippen LogP contribution in [0.2, 0.25) is 0 Å². The van der Waals surface area contributed by atoms with E-state index >= 15 is 0 Å². The first-order chi connectivity index (χ1) is 12.9. The summed E-state index contributed by atoms with van der Waals surface area (Å²) in [6, 6.07) is 8.46. The standard InChI is InChI=1S/C19H23N3O4S/c20-11-13-1-7-16(8-2-13)21-18(23)14-3-5-15(6-4-14)19(24)22-17-9-10-27(25,26)12-17/h1-2,7-8,14-15,17H,3-6,9-10,12H2,(H,21,23)(H,22,24). The molecule has 1 unspecified atom stereocenters. The minimum absolute atomic E-state index is 0.0289. The summed E-state index contributed by atoms with van der Waals surface area (Å²) in [5, 5.41) is 14.5. The number of nitrogens with zero attached hydrogens (tertiary/aromatic N) is 1. The first-order valence-electron chi connectivity index (χ1n) is 9.18. The van der Waals surface area contributed by atoms with Crippen molar-refractivity contribution in [1.82, 2.24) is 5.32 Å². The van der Waals surface area contributed by atoms with Crippen molar-refractivity contribution < 1.29 is 18.0 Å². The van der Waals surface area contributed by atoms with Gasteiger partial charge in [0, 0.05) is 23.6 Å². The number of rotatable bonds is 4. The molecule has 1 aliphatic heterocycles. The Kier molecular flexibility index (Phi) is 5.80. The number of nitriles is 1. The van der Waals surface area contributed by atoms with E-state index in [1.54, 1.807) is 24.3 Å². The van der Waals surface area contributed by atoms with E-state index in [1.165, 1.54) is 0 Å². The van der Waals surface area contributed by atoms with Crippen molar-refractivity contribution in [3.8, 4) is 6.07 Å². The summed E-state index contributed by atoms with van der Waals surface area (Å²) in [6.45, 7) is 0. The zero-order valence-corrected chi connectivity index (χ0v) is 15.8. The Morgan fingerprint density at radius 2 is 1.56 bits per heavy atom. The van der Waals surface area contributed by atoms with Crippen molar-refractivity contribution in [3.63, 3.8) is 0 Å². The molecule has 2 fully saturated rings. The van der Waals surface area contributed by atoms with Crippen LogP contribution in [0.25, 0.3) is 0 Å². The van der Waals surface area contributed by atoms with Crippen LogP contribution >= 0.6 is 0 Å². The highest BCUT2D eigenvalue weighted by Gasteiger charge is 2.33. The summed E-state index contributed by atoms with van der Waals surface area (Å²) >= 11 is 0. The monoisotopic (exact) mass is 389 g/mol. The normalized spacial score (nSPS) is 26.7. The number of hydrogen-bond acceptors (Lipinski definition) is 5. The quantitative estimate of drug-likeness (QED) is 0.811. The van der Waals surface area contributed by atoms with Gasteiger partial charge in [0.05, 0.1) is 23.1 Å². The average molecular weight is 389 g/mol. The maximum absolute atomic E-state index is 12.4. The molecule has 2 aliphatic rings. The molecule has 8 heteroatoms. The number of hydrogen-bond donors (Lipinski definition) is 2. The van der Waals surface area contributed by atoms with Gasteiger partial charge in [0.25, 0.3) is 0 Å². The number of carbonyl (C=O) groups excluding carboxylic acids is 2. The van der Waals surface area contributed by atoms with Crippen molar-refractivity contribution >= 4 is 27.3 Å². The highest BCUT2D eigenvalue weighted by atomic mass is 32.2. The maximum atomic E-state index is 12.4. The van der Waals surface area contributed by atoms with Crippen molar-refractivity contribution in [2.45, 2.75) is 38.1 Å². The minimum atomic E-state index is -3.01. The number of benzene rings is 1. The van der Waals surface area contributed by atoms with Gasteiger partial charge in [0.15, 0.2) is 9.84 Å². The van der Waals surface area contributed by atoms with Crippen LogP contribution in [0.5, 0.6) is 0 Å². The van der Waals surface area contributed by atoms with Crippen molar-refractivity contribution in [2.24, 2.45) is 11.8 Å². The topological polar surface area (TPSA) is 116 Å². The van der Waals surface area contributed by atoms with Crippen molar-refractivity contribution in [2.75, 3.05) is 16.8 Å². The summed E-state index contributed by atoms with van der Waals surface area (Å²) in [6.07, 6.45) is 2.98. The highest BCUT2D eigenvalue weighted by molar-refractivity contribution is 7.91. The van der Waals surface area contributed by atoms with Gasteiger partial charge in [-0.15, -0.1) is 0 Å². The molecule has 1 saturated carbocycles. The van der Waals surface area contributed by atoms with E-state index in [1.807, 2.05) is 6.07 Å². The number of sulfone groups is 1. The smallest absolute Gasteiger partial charge is 0.227 e. The molecule has 0 radical (unpaired) electrons. The van der Waals surface area contributed by atoms with Crippen LogP contribution in [0.1, 0.15) is 37.7 Å².